The van der Waals surface area contributed by atoms with Crippen molar-refractivity contribution in [1.29, 1.82) is 0 Å². The van der Waals surface area contributed by atoms with Crippen LogP contribution in [0.15, 0.2) is 23.6 Å². The van der Waals surface area contributed by atoms with Gasteiger partial charge < -0.3 is 4.57 Å². The molecule has 0 aromatic carbocycles. The largest absolute Gasteiger partial charge is 0.343 e. The Morgan fingerprint density at radius 3 is 2.85 bits per heavy atom. The first-order chi connectivity index (χ1) is 6.27. The summed E-state index contributed by atoms with van der Waals surface area (Å²) in [4.78, 5) is 1.40. The first-order valence-electron chi connectivity index (χ1n) is 4.34. The van der Waals surface area contributed by atoms with Crippen molar-refractivity contribution in [2.24, 2.45) is 0 Å². The number of nitrogens with zero attached hydrogens (tertiary/aromatic N) is 1. The average Bonchev–Trinajstić information content (AvgIpc) is 2.70. The number of hydrogen-bond acceptors (Lipinski definition) is 1. The van der Waals surface area contributed by atoms with Crippen molar-refractivity contribution >= 4 is 11.3 Å². The summed E-state index contributed by atoms with van der Waals surface area (Å²) < 4.78 is 2.28. The zero-order chi connectivity index (χ0) is 9.26. The lowest BCUT2D eigenvalue weighted by molar-refractivity contribution is 0.759. The van der Waals surface area contributed by atoms with E-state index >= 15 is 0 Å². The topological polar surface area (TPSA) is 4.93 Å². The molecule has 0 saturated carbocycles. The van der Waals surface area contributed by atoms with Crippen molar-refractivity contribution in [2.45, 2.75) is 20.4 Å². The SMILES string of the molecule is Cc1[c]cc(C)n1Cc1cccs1. The van der Waals surface area contributed by atoms with Crippen molar-refractivity contribution < 1.29 is 0 Å². The molecule has 0 fully saturated rings. The second-order valence-corrected chi connectivity index (χ2v) is 4.21. The molecule has 0 aliphatic heterocycles. The molecule has 67 valence electrons. The Hall–Kier alpha value is -1.02. The summed E-state index contributed by atoms with van der Waals surface area (Å²) in [5.74, 6) is 0. The molecule has 2 heterocycles. The minimum absolute atomic E-state index is 0.985. The molecule has 2 aromatic heterocycles. The van der Waals surface area contributed by atoms with Crippen LogP contribution >= 0.6 is 11.3 Å². The van der Waals surface area contributed by atoms with Gasteiger partial charge >= 0.3 is 0 Å². The number of rotatable bonds is 2. The molecular weight excluding hydrogens is 178 g/mol. The molecule has 1 nitrogen and oxygen atoms in total. The normalized spacial score (nSPS) is 10.6. The van der Waals surface area contributed by atoms with Crippen LogP contribution in [0.4, 0.5) is 0 Å². The molecule has 0 unspecified atom stereocenters. The molecule has 1 radical (unpaired) electrons. The van der Waals surface area contributed by atoms with Gasteiger partial charge in [-0.3, -0.25) is 0 Å². The molecule has 2 rings (SSSR count). The highest BCUT2D eigenvalue weighted by Crippen LogP contribution is 2.14. The predicted octanol–water partition coefficient (Wildman–Crippen LogP) is 3.01. The molecular formula is C11H12NS. The summed E-state index contributed by atoms with van der Waals surface area (Å²) in [5, 5.41) is 2.12. The Bertz CT molecular complexity index is 365. The van der Waals surface area contributed by atoms with Gasteiger partial charge in [0, 0.05) is 22.3 Å². The first kappa shape index (κ1) is 8.57. The van der Waals surface area contributed by atoms with E-state index in [1.807, 2.05) is 6.07 Å². The van der Waals surface area contributed by atoms with Gasteiger partial charge in [0.05, 0.1) is 6.54 Å². The lowest BCUT2D eigenvalue weighted by Gasteiger charge is -2.06. The molecule has 0 atom stereocenters. The lowest BCUT2D eigenvalue weighted by atomic mass is 10.4. The summed E-state index contributed by atoms with van der Waals surface area (Å²) in [7, 11) is 0. The fraction of sp³-hybridized carbons (Fsp3) is 0.273. The van der Waals surface area contributed by atoms with Crippen LogP contribution in [0.2, 0.25) is 0 Å². The molecule has 0 aliphatic carbocycles. The van der Waals surface area contributed by atoms with Crippen LogP contribution in [-0.2, 0) is 6.54 Å². The van der Waals surface area contributed by atoms with Gasteiger partial charge in [0.25, 0.3) is 0 Å². The van der Waals surface area contributed by atoms with Crippen LogP contribution in [-0.4, -0.2) is 4.57 Å². The summed E-state index contributed by atoms with van der Waals surface area (Å²) in [6, 6.07) is 9.53. The van der Waals surface area contributed by atoms with Gasteiger partial charge in [-0.15, -0.1) is 11.3 Å². The Balaban J connectivity index is 2.27. The molecule has 2 heteroatoms. The Labute approximate surface area is 82.6 Å². The van der Waals surface area contributed by atoms with Crippen LogP contribution < -0.4 is 0 Å². The van der Waals surface area contributed by atoms with Crippen LogP contribution in [0.1, 0.15) is 16.3 Å². The van der Waals surface area contributed by atoms with E-state index in [9.17, 15) is 0 Å². The number of aryl methyl sites for hydroxylation is 2. The maximum Gasteiger partial charge on any atom is 0.0568 e. The van der Waals surface area contributed by atoms with E-state index in [4.69, 9.17) is 0 Å². The van der Waals surface area contributed by atoms with Crippen molar-refractivity contribution in [1.82, 2.24) is 4.57 Å². The highest BCUT2D eigenvalue weighted by molar-refractivity contribution is 7.09. The Morgan fingerprint density at radius 2 is 2.31 bits per heavy atom. The van der Waals surface area contributed by atoms with Crippen LogP contribution in [0.5, 0.6) is 0 Å². The fourth-order valence-corrected chi connectivity index (χ4v) is 2.12. The van der Waals surface area contributed by atoms with Crippen LogP contribution in [0.3, 0.4) is 0 Å². The molecule has 13 heavy (non-hydrogen) atoms. The zero-order valence-electron chi connectivity index (χ0n) is 7.87. The summed E-state index contributed by atoms with van der Waals surface area (Å²) in [6.07, 6.45) is 0. The average molecular weight is 190 g/mol. The van der Waals surface area contributed by atoms with Gasteiger partial charge in [-0.1, -0.05) is 6.07 Å². The second-order valence-electron chi connectivity index (χ2n) is 3.18. The standard InChI is InChI=1S/C11H12NS/c1-9-5-6-10(2)12(9)8-11-4-3-7-13-11/h3-5,7H,8H2,1-2H3. The van der Waals surface area contributed by atoms with E-state index in [1.54, 1.807) is 11.3 Å². The lowest BCUT2D eigenvalue weighted by Crippen LogP contribution is -2.01. The quantitative estimate of drug-likeness (QED) is 0.686. The van der Waals surface area contributed by atoms with Gasteiger partial charge in [0.15, 0.2) is 0 Å². The monoisotopic (exact) mass is 190 g/mol. The van der Waals surface area contributed by atoms with E-state index in [0.29, 0.717) is 0 Å². The van der Waals surface area contributed by atoms with Crippen molar-refractivity contribution in [3.63, 3.8) is 0 Å². The molecule has 0 aliphatic rings. The maximum atomic E-state index is 3.22. The molecule has 0 amide bonds. The van der Waals surface area contributed by atoms with E-state index in [2.05, 4.69) is 42.0 Å². The maximum absolute atomic E-state index is 3.22. The van der Waals surface area contributed by atoms with Crippen molar-refractivity contribution in [3.8, 4) is 0 Å². The van der Waals surface area contributed by atoms with Crippen LogP contribution in [0, 0.1) is 19.9 Å². The number of hydrogen-bond donors (Lipinski definition) is 0. The minimum Gasteiger partial charge on any atom is -0.343 e. The minimum atomic E-state index is 0.985. The second kappa shape index (κ2) is 3.38. The summed E-state index contributed by atoms with van der Waals surface area (Å²) in [6.45, 7) is 5.20. The van der Waals surface area contributed by atoms with Gasteiger partial charge in [-0.05, 0) is 31.4 Å². The van der Waals surface area contributed by atoms with Gasteiger partial charge in [-0.25, -0.2) is 0 Å². The Kier molecular flexibility index (Phi) is 2.23. The molecule has 0 N–H and O–H groups in total. The molecule has 0 saturated heterocycles. The first-order valence-corrected chi connectivity index (χ1v) is 5.22. The van der Waals surface area contributed by atoms with Crippen molar-refractivity contribution in [3.05, 3.63) is 45.9 Å². The van der Waals surface area contributed by atoms with Crippen LogP contribution in [0.25, 0.3) is 0 Å². The predicted molar refractivity (Wildman–Crippen MR) is 56.2 cm³/mol. The smallest absolute Gasteiger partial charge is 0.0568 e. The van der Waals surface area contributed by atoms with E-state index in [-0.39, 0.29) is 0 Å². The van der Waals surface area contributed by atoms with E-state index in [0.717, 1.165) is 6.54 Å². The highest BCUT2D eigenvalue weighted by atomic mass is 32.1. The molecule has 0 bridgehead atoms. The summed E-state index contributed by atoms with van der Waals surface area (Å²) >= 11 is 1.80. The van der Waals surface area contributed by atoms with E-state index < -0.39 is 0 Å². The third kappa shape index (κ3) is 1.68. The van der Waals surface area contributed by atoms with Gasteiger partial charge in [-0.2, -0.15) is 0 Å². The summed E-state index contributed by atoms with van der Waals surface area (Å²) in [5.41, 5.74) is 2.50. The highest BCUT2D eigenvalue weighted by Gasteiger charge is 2.02. The zero-order valence-corrected chi connectivity index (χ0v) is 8.69. The third-order valence-electron chi connectivity index (χ3n) is 2.21. The van der Waals surface area contributed by atoms with E-state index in [1.165, 1.54) is 16.3 Å². The van der Waals surface area contributed by atoms with Gasteiger partial charge in [0.1, 0.15) is 0 Å². The molecule has 2 aromatic rings. The Morgan fingerprint density at radius 1 is 1.46 bits per heavy atom. The number of thiophene rings is 1. The van der Waals surface area contributed by atoms with Gasteiger partial charge in [0.2, 0.25) is 0 Å². The number of aromatic nitrogens is 1. The van der Waals surface area contributed by atoms with Crippen molar-refractivity contribution in [2.75, 3.05) is 0 Å². The third-order valence-corrected chi connectivity index (χ3v) is 3.08. The molecule has 0 spiro atoms. The fourth-order valence-electron chi connectivity index (χ4n) is 1.43.